The number of nitrogens with one attached hydrogen (secondary N) is 1. The summed E-state index contributed by atoms with van der Waals surface area (Å²) in [4.78, 5) is 38.6. The van der Waals surface area contributed by atoms with E-state index in [-0.39, 0.29) is 11.8 Å². The Labute approximate surface area is 192 Å². The second-order valence-electron chi connectivity index (χ2n) is 7.74. The van der Waals surface area contributed by atoms with Gasteiger partial charge in [-0.1, -0.05) is 42.5 Å². The van der Waals surface area contributed by atoms with Crippen molar-refractivity contribution in [2.75, 3.05) is 19.1 Å². The molecule has 3 aromatic carbocycles. The fourth-order valence-corrected chi connectivity index (χ4v) is 4.03. The second kappa shape index (κ2) is 9.12. The highest BCUT2D eigenvalue weighted by molar-refractivity contribution is 6.01. The van der Waals surface area contributed by atoms with Gasteiger partial charge >= 0.3 is 5.97 Å². The molecule has 4 rings (SSSR count). The van der Waals surface area contributed by atoms with Crippen LogP contribution in [0.4, 0.5) is 5.69 Å². The Morgan fingerprint density at radius 2 is 1.70 bits per heavy atom. The van der Waals surface area contributed by atoms with Crippen molar-refractivity contribution in [1.29, 1.82) is 0 Å². The molecule has 1 aliphatic heterocycles. The molecule has 1 N–H and O–H groups in total. The van der Waals surface area contributed by atoms with Crippen molar-refractivity contribution in [3.8, 4) is 11.1 Å². The van der Waals surface area contributed by atoms with E-state index in [9.17, 15) is 14.4 Å². The van der Waals surface area contributed by atoms with Crippen LogP contribution in [-0.2, 0) is 16.1 Å². The molecule has 0 unspecified atom stereocenters. The van der Waals surface area contributed by atoms with Gasteiger partial charge in [-0.3, -0.25) is 9.59 Å². The zero-order valence-electron chi connectivity index (χ0n) is 18.7. The lowest BCUT2D eigenvalue weighted by Crippen LogP contribution is -2.29. The summed E-state index contributed by atoms with van der Waals surface area (Å²) in [6, 6.07) is 18.6. The number of hydrogen-bond acceptors (Lipinski definition) is 4. The first-order chi connectivity index (χ1) is 15.9. The molecular weight excluding hydrogens is 416 g/mol. The summed E-state index contributed by atoms with van der Waals surface area (Å²) in [6.45, 7) is 1.88. The van der Waals surface area contributed by atoms with E-state index in [1.54, 1.807) is 36.2 Å². The van der Waals surface area contributed by atoms with Crippen LogP contribution in [0.2, 0.25) is 0 Å². The van der Waals surface area contributed by atoms with Gasteiger partial charge in [0.2, 0.25) is 5.91 Å². The van der Waals surface area contributed by atoms with Crippen LogP contribution in [0.1, 0.15) is 44.3 Å². The van der Waals surface area contributed by atoms with Crippen molar-refractivity contribution in [3.05, 3.63) is 88.5 Å². The summed E-state index contributed by atoms with van der Waals surface area (Å²) in [6.07, 6.45) is 3.87. The van der Waals surface area contributed by atoms with E-state index in [4.69, 9.17) is 4.74 Å². The number of hydrogen-bond donors (Lipinski definition) is 1. The van der Waals surface area contributed by atoms with E-state index in [2.05, 4.69) is 5.32 Å². The molecule has 6 heteroatoms. The van der Waals surface area contributed by atoms with E-state index in [1.807, 2.05) is 48.6 Å². The summed E-state index contributed by atoms with van der Waals surface area (Å²) in [5.74, 6) is -0.695. The molecule has 3 aromatic rings. The fourth-order valence-electron chi connectivity index (χ4n) is 4.03. The van der Waals surface area contributed by atoms with Crippen molar-refractivity contribution >= 4 is 35.6 Å². The Kier molecular flexibility index (Phi) is 6.09. The number of amides is 2. The van der Waals surface area contributed by atoms with Crippen LogP contribution >= 0.6 is 0 Å². The second-order valence-corrected chi connectivity index (χ2v) is 7.74. The summed E-state index contributed by atoms with van der Waals surface area (Å²) in [7, 11) is 2.95. The topological polar surface area (TPSA) is 75.7 Å². The lowest BCUT2D eigenvalue weighted by molar-refractivity contribution is -0.116. The maximum Gasteiger partial charge on any atom is 0.337 e. The molecule has 0 radical (unpaired) electrons. The standard InChI is InChI=1S/C27H24N2O4/c1-17(30)29-16-22-14-19(23-6-4-5-7-24(23)26(31)28-2)10-8-18(22)9-11-20-15-21(27(32)33-3)12-13-25(20)29/h4-15H,16H2,1-3H3,(H,28,31). The van der Waals surface area contributed by atoms with Gasteiger partial charge in [-0.15, -0.1) is 0 Å². The molecule has 6 nitrogen and oxygen atoms in total. The molecule has 33 heavy (non-hydrogen) atoms. The van der Waals surface area contributed by atoms with Gasteiger partial charge in [0.05, 0.1) is 24.9 Å². The van der Waals surface area contributed by atoms with E-state index in [0.717, 1.165) is 27.8 Å². The predicted molar refractivity (Wildman–Crippen MR) is 129 cm³/mol. The molecule has 2 amide bonds. The number of fused-ring (bicyclic) bond motifs is 2. The molecule has 0 bridgehead atoms. The summed E-state index contributed by atoms with van der Waals surface area (Å²) < 4.78 is 4.83. The average Bonchev–Trinajstić information content (AvgIpc) is 2.83. The largest absolute Gasteiger partial charge is 0.465 e. The summed E-state index contributed by atoms with van der Waals surface area (Å²) in [5, 5.41) is 2.69. The molecule has 0 fully saturated rings. The van der Waals surface area contributed by atoms with Crippen LogP contribution in [0.25, 0.3) is 23.3 Å². The number of rotatable bonds is 3. The van der Waals surface area contributed by atoms with Gasteiger partial charge in [-0.2, -0.15) is 0 Å². The van der Waals surface area contributed by atoms with Gasteiger partial charge in [0.25, 0.3) is 5.91 Å². The van der Waals surface area contributed by atoms with Gasteiger partial charge in [-0.25, -0.2) is 4.79 Å². The van der Waals surface area contributed by atoms with Gasteiger partial charge in [-0.05, 0) is 58.1 Å². The number of carbonyl (C=O) groups is 3. The molecule has 0 atom stereocenters. The minimum Gasteiger partial charge on any atom is -0.465 e. The van der Waals surface area contributed by atoms with E-state index < -0.39 is 5.97 Å². The number of nitrogens with zero attached hydrogens (tertiary/aromatic N) is 1. The third-order valence-corrected chi connectivity index (χ3v) is 5.74. The van der Waals surface area contributed by atoms with Gasteiger partial charge in [0.1, 0.15) is 0 Å². The Balaban J connectivity index is 1.82. The number of anilines is 1. The number of ether oxygens (including phenoxy) is 1. The SMILES string of the molecule is CNC(=O)c1ccccc1-c1ccc2c(c1)CN(C(C)=O)c1ccc(C(=O)OC)cc1C=C2. The minimum atomic E-state index is -0.428. The smallest absolute Gasteiger partial charge is 0.337 e. The third kappa shape index (κ3) is 4.28. The van der Waals surface area contributed by atoms with Crippen LogP contribution in [0, 0.1) is 0 Å². The Bertz CT molecular complexity index is 1290. The first kappa shape index (κ1) is 22.0. The Hall–Kier alpha value is -4.19. The molecule has 0 saturated carbocycles. The quantitative estimate of drug-likeness (QED) is 0.607. The Morgan fingerprint density at radius 3 is 2.42 bits per heavy atom. The maximum absolute atomic E-state index is 12.6. The van der Waals surface area contributed by atoms with E-state index >= 15 is 0 Å². The number of benzene rings is 3. The number of methoxy groups -OCH3 is 1. The molecule has 0 aliphatic carbocycles. The normalized spacial score (nSPS) is 12.2. The maximum atomic E-state index is 12.6. The average molecular weight is 440 g/mol. The Morgan fingerprint density at radius 1 is 0.939 bits per heavy atom. The molecule has 0 saturated heterocycles. The lowest BCUT2D eigenvalue weighted by atomic mass is 9.93. The minimum absolute atomic E-state index is 0.112. The van der Waals surface area contributed by atoms with Crippen LogP contribution in [0.15, 0.2) is 60.7 Å². The van der Waals surface area contributed by atoms with Crippen LogP contribution in [0.5, 0.6) is 0 Å². The van der Waals surface area contributed by atoms with Crippen molar-refractivity contribution in [2.45, 2.75) is 13.5 Å². The first-order valence-electron chi connectivity index (χ1n) is 10.6. The zero-order chi connectivity index (χ0) is 23.5. The lowest BCUT2D eigenvalue weighted by Gasteiger charge is -2.26. The van der Waals surface area contributed by atoms with Gasteiger partial charge in [0, 0.05) is 19.5 Å². The highest BCUT2D eigenvalue weighted by atomic mass is 16.5. The molecule has 0 aromatic heterocycles. The van der Waals surface area contributed by atoms with Crippen molar-refractivity contribution in [3.63, 3.8) is 0 Å². The highest BCUT2D eigenvalue weighted by Crippen LogP contribution is 2.33. The van der Waals surface area contributed by atoms with E-state index in [1.165, 1.54) is 14.0 Å². The van der Waals surface area contributed by atoms with Crippen molar-refractivity contribution in [1.82, 2.24) is 5.32 Å². The van der Waals surface area contributed by atoms with Crippen LogP contribution in [-0.4, -0.2) is 31.9 Å². The summed E-state index contributed by atoms with van der Waals surface area (Å²) >= 11 is 0. The zero-order valence-corrected chi connectivity index (χ0v) is 18.7. The van der Waals surface area contributed by atoms with Crippen LogP contribution < -0.4 is 10.2 Å². The first-order valence-corrected chi connectivity index (χ1v) is 10.6. The van der Waals surface area contributed by atoms with E-state index in [0.29, 0.717) is 23.4 Å². The fraction of sp³-hybridized carbons (Fsp3) is 0.148. The van der Waals surface area contributed by atoms with Crippen molar-refractivity contribution < 1.29 is 19.1 Å². The molecule has 166 valence electrons. The predicted octanol–water partition coefficient (Wildman–Crippen LogP) is 4.54. The molecule has 1 heterocycles. The van der Waals surface area contributed by atoms with Gasteiger partial charge in [0.15, 0.2) is 0 Å². The van der Waals surface area contributed by atoms with Crippen LogP contribution in [0.3, 0.4) is 0 Å². The van der Waals surface area contributed by atoms with Gasteiger partial charge < -0.3 is 15.0 Å². The molecule has 0 spiro atoms. The van der Waals surface area contributed by atoms with Crippen molar-refractivity contribution in [2.24, 2.45) is 0 Å². The molecular formula is C27H24N2O4. The highest BCUT2D eigenvalue weighted by Gasteiger charge is 2.21. The third-order valence-electron chi connectivity index (χ3n) is 5.74. The monoisotopic (exact) mass is 440 g/mol. The number of carbonyl (C=O) groups excluding carboxylic acids is 3. The summed E-state index contributed by atoms with van der Waals surface area (Å²) in [5.41, 5.74) is 6.11. The number of esters is 1. The molecule has 1 aliphatic rings.